The van der Waals surface area contributed by atoms with E-state index in [4.69, 9.17) is 72.2 Å². The molecule has 2 aromatic rings. The van der Waals surface area contributed by atoms with E-state index in [2.05, 4.69) is 5.32 Å². The zero-order valence-electron chi connectivity index (χ0n) is 15.9. The molecule has 0 amide bonds. The van der Waals surface area contributed by atoms with Crippen LogP contribution in [-0.4, -0.2) is 28.2 Å². The Morgan fingerprint density at radius 1 is 1.00 bits per heavy atom. The standard InChI is InChI=1S/C17H18Cl2NO5P.CHCl3/c1-11-7-13(3-5-15(11)18)24-26(23,10-20-9-17(21)22)25-14-4-6-16(19)12(2)8-14;2-1(3)4/h3-8,20H,9-10H2,1-2H3,(H,21,22);1H. The summed E-state index contributed by atoms with van der Waals surface area (Å²) in [6.07, 6.45) is -0.289. The van der Waals surface area contributed by atoms with E-state index in [0.717, 1.165) is 11.1 Å². The van der Waals surface area contributed by atoms with Crippen LogP contribution in [0.25, 0.3) is 0 Å². The molecule has 2 N–H and O–H groups in total. The molecule has 0 fully saturated rings. The van der Waals surface area contributed by atoms with Crippen LogP contribution in [0.1, 0.15) is 11.1 Å². The Kier molecular flexibility index (Phi) is 11.7. The first-order valence-corrected chi connectivity index (χ1v) is 12.1. The van der Waals surface area contributed by atoms with Crippen LogP contribution in [0.2, 0.25) is 10.0 Å². The lowest BCUT2D eigenvalue weighted by Gasteiger charge is -2.21. The number of aliphatic carboxylic acids is 1. The molecule has 6 nitrogen and oxygen atoms in total. The van der Waals surface area contributed by atoms with Gasteiger partial charge in [0.15, 0.2) is 4.30 Å². The molecule has 0 bridgehead atoms. The number of alkyl halides is 3. The number of halogens is 5. The summed E-state index contributed by atoms with van der Waals surface area (Å²) in [5, 5.41) is 12.4. The SMILES string of the molecule is Cc1cc(OP(=O)(CNCC(=O)O)Oc2ccc(Cl)c(C)c2)ccc1Cl.ClC(Cl)Cl. The second-order valence-electron chi connectivity index (χ2n) is 5.84. The third-order valence-electron chi connectivity index (χ3n) is 3.33. The number of hydrogen-bond donors (Lipinski definition) is 2. The van der Waals surface area contributed by atoms with Crippen molar-refractivity contribution in [1.82, 2.24) is 5.32 Å². The highest BCUT2D eigenvalue weighted by Gasteiger charge is 2.28. The number of carboxylic acid groups (broad SMARTS) is 1. The minimum absolute atomic E-state index is 0.289. The van der Waals surface area contributed by atoms with Gasteiger partial charge in [-0.2, -0.15) is 0 Å². The molecule has 2 aromatic carbocycles. The maximum absolute atomic E-state index is 13.2. The van der Waals surface area contributed by atoms with Crippen LogP contribution in [0.4, 0.5) is 0 Å². The number of nitrogens with one attached hydrogen (secondary N) is 1. The minimum atomic E-state index is -3.75. The number of carboxylic acids is 1. The first kappa shape index (κ1) is 27.2. The van der Waals surface area contributed by atoms with Gasteiger partial charge in [0.2, 0.25) is 0 Å². The molecule has 12 heteroatoms. The molecule has 30 heavy (non-hydrogen) atoms. The van der Waals surface area contributed by atoms with E-state index in [1.165, 1.54) is 0 Å². The summed E-state index contributed by atoms with van der Waals surface area (Å²) in [4.78, 5) is 10.7. The van der Waals surface area contributed by atoms with Crippen molar-refractivity contribution in [2.75, 3.05) is 12.8 Å². The van der Waals surface area contributed by atoms with Crippen molar-refractivity contribution in [3.8, 4) is 11.5 Å². The molecule has 0 heterocycles. The van der Waals surface area contributed by atoms with Gasteiger partial charge >= 0.3 is 13.6 Å². The Labute approximate surface area is 199 Å². The van der Waals surface area contributed by atoms with Crippen molar-refractivity contribution >= 4 is 71.6 Å². The van der Waals surface area contributed by atoms with Crippen LogP contribution in [0, 0.1) is 13.8 Å². The first-order chi connectivity index (χ1) is 13.9. The highest BCUT2D eigenvalue weighted by molar-refractivity contribution is 7.54. The smallest absolute Gasteiger partial charge is 0.444 e. The van der Waals surface area contributed by atoms with Gasteiger partial charge in [0.25, 0.3) is 0 Å². The van der Waals surface area contributed by atoms with E-state index in [9.17, 15) is 9.36 Å². The molecule has 0 saturated carbocycles. The Morgan fingerprint density at radius 3 is 1.73 bits per heavy atom. The second-order valence-corrected chi connectivity index (χ2v) is 10.5. The number of benzene rings is 2. The number of rotatable bonds is 8. The van der Waals surface area contributed by atoms with Gasteiger partial charge in [0, 0.05) is 10.0 Å². The van der Waals surface area contributed by atoms with Crippen molar-refractivity contribution in [2.24, 2.45) is 0 Å². The van der Waals surface area contributed by atoms with Gasteiger partial charge in [0.05, 0.1) is 6.54 Å². The Bertz CT molecular complexity index is 852. The molecule has 0 atom stereocenters. The van der Waals surface area contributed by atoms with Crippen molar-refractivity contribution in [3.63, 3.8) is 0 Å². The molecule has 0 spiro atoms. The molecule has 2 rings (SSSR count). The fraction of sp³-hybridized carbons (Fsp3) is 0.278. The molecular weight excluding hydrogens is 518 g/mol. The van der Waals surface area contributed by atoms with E-state index < -0.39 is 17.9 Å². The quantitative estimate of drug-likeness (QED) is 0.282. The maximum Gasteiger partial charge on any atom is 0.444 e. The van der Waals surface area contributed by atoms with E-state index in [1.54, 1.807) is 50.2 Å². The summed E-state index contributed by atoms with van der Waals surface area (Å²) in [5.74, 6) is -0.475. The van der Waals surface area contributed by atoms with Gasteiger partial charge in [0.1, 0.15) is 17.8 Å². The molecule has 0 unspecified atom stereocenters. The lowest BCUT2D eigenvalue weighted by Crippen LogP contribution is -2.26. The Hall–Kier alpha value is -0.850. The third kappa shape index (κ3) is 10.5. The normalized spacial score (nSPS) is 10.9. The van der Waals surface area contributed by atoms with Crippen LogP contribution in [0.3, 0.4) is 0 Å². The maximum atomic E-state index is 13.2. The predicted molar refractivity (Wildman–Crippen MR) is 123 cm³/mol. The van der Waals surface area contributed by atoms with Crippen LogP contribution in [0.5, 0.6) is 11.5 Å². The average molecular weight is 538 g/mol. The van der Waals surface area contributed by atoms with Crippen LogP contribution in [-0.2, 0) is 9.36 Å². The fourth-order valence-electron chi connectivity index (χ4n) is 2.05. The van der Waals surface area contributed by atoms with E-state index in [-0.39, 0.29) is 12.8 Å². The summed E-state index contributed by atoms with van der Waals surface area (Å²) >= 11 is 26.4. The second kappa shape index (κ2) is 12.9. The van der Waals surface area contributed by atoms with E-state index >= 15 is 0 Å². The lowest BCUT2D eigenvalue weighted by atomic mass is 10.2. The predicted octanol–water partition coefficient (Wildman–Crippen LogP) is 6.88. The van der Waals surface area contributed by atoms with Crippen molar-refractivity contribution in [3.05, 3.63) is 57.6 Å². The molecule has 166 valence electrons. The topological polar surface area (TPSA) is 84.9 Å². The molecule has 0 aliphatic rings. The Balaban J connectivity index is 0.00000103. The fourth-order valence-corrected chi connectivity index (χ4v) is 3.71. The summed E-state index contributed by atoms with van der Waals surface area (Å²) in [6.45, 7) is 3.19. The van der Waals surface area contributed by atoms with Crippen LogP contribution >= 0.6 is 65.6 Å². The monoisotopic (exact) mass is 535 g/mol. The molecule has 0 saturated heterocycles. The molecule has 0 radical (unpaired) electrons. The van der Waals surface area contributed by atoms with Crippen molar-refractivity contribution in [2.45, 2.75) is 18.1 Å². The third-order valence-corrected chi connectivity index (χ3v) is 5.77. The zero-order valence-corrected chi connectivity index (χ0v) is 20.5. The van der Waals surface area contributed by atoms with E-state index in [1.807, 2.05) is 0 Å². The van der Waals surface area contributed by atoms with Gasteiger partial charge in [-0.1, -0.05) is 58.0 Å². The van der Waals surface area contributed by atoms with Crippen LogP contribution in [0.15, 0.2) is 36.4 Å². The summed E-state index contributed by atoms with van der Waals surface area (Å²) in [6, 6.07) is 9.62. The zero-order chi connectivity index (χ0) is 22.9. The molecule has 0 aliphatic heterocycles. The number of aryl methyl sites for hydroxylation is 2. The summed E-state index contributed by atoms with van der Waals surface area (Å²) < 4.78 is 23.6. The number of carbonyl (C=O) groups is 1. The Morgan fingerprint density at radius 2 is 1.40 bits per heavy atom. The lowest BCUT2D eigenvalue weighted by molar-refractivity contribution is -0.135. The minimum Gasteiger partial charge on any atom is -0.480 e. The molecule has 0 aromatic heterocycles. The highest BCUT2D eigenvalue weighted by atomic mass is 35.6. The van der Waals surface area contributed by atoms with Crippen molar-refractivity contribution < 1.29 is 23.5 Å². The summed E-state index contributed by atoms with van der Waals surface area (Å²) in [5.41, 5.74) is 1.49. The highest BCUT2D eigenvalue weighted by Crippen LogP contribution is 2.48. The van der Waals surface area contributed by atoms with Crippen molar-refractivity contribution in [1.29, 1.82) is 0 Å². The van der Waals surface area contributed by atoms with Gasteiger partial charge in [-0.25, -0.2) is 4.57 Å². The largest absolute Gasteiger partial charge is 0.480 e. The number of hydrogen-bond acceptors (Lipinski definition) is 5. The average Bonchev–Trinajstić information content (AvgIpc) is 2.60. The summed E-state index contributed by atoms with van der Waals surface area (Å²) in [7, 11) is -3.75. The molecule has 0 aliphatic carbocycles. The first-order valence-electron chi connectivity index (χ1n) is 8.27. The van der Waals surface area contributed by atoms with Gasteiger partial charge in [-0.3, -0.25) is 10.1 Å². The van der Waals surface area contributed by atoms with Gasteiger partial charge in [-0.05, 0) is 61.4 Å². The van der Waals surface area contributed by atoms with E-state index in [0.29, 0.717) is 21.5 Å². The van der Waals surface area contributed by atoms with Gasteiger partial charge < -0.3 is 14.2 Å². The molecular formula is C18H19Cl5NO5P. The van der Waals surface area contributed by atoms with Gasteiger partial charge in [-0.15, -0.1) is 0 Å². The van der Waals surface area contributed by atoms with Crippen LogP contribution < -0.4 is 14.4 Å².